The van der Waals surface area contributed by atoms with Crippen LogP contribution in [0, 0.1) is 0 Å². The predicted octanol–water partition coefficient (Wildman–Crippen LogP) is 1.60. The molecule has 3 heteroatoms. The van der Waals surface area contributed by atoms with Gasteiger partial charge in [0.2, 0.25) is 0 Å². The largest absolute Gasteiger partial charge is 0.454 e. The molecule has 0 aliphatic heterocycles. The summed E-state index contributed by atoms with van der Waals surface area (Å²) in [5.41, 5.74) is 0. The first kappa shape index (κ1) is 10.7. The molecule has 0 saturated carbocycles. The van der Waals surface area contributed by atoms with Gasteiger partial charge >= 0.3 is 7.12 Å². The summed E-state index contributed by atoms with van der Waals surface area (Å²) in [7, 11) is -1.16. The summed E-state index contributed by atoms with van der Waals surface area (Å²) >= 11 is 0. The zero-order chi connectivity index (χ0) is 8.69. The molecule has 0 radical (unpaired) electrons. The fourth-order valence-corrected chi connectivity index (χ4v) is 1.15. The minimum atomic E-state index is -1.16. The van der Waals surface area contributed by atoms with E-state index in [4.69, 9.17) is 10.0 Å². The standard InChI is InChI=1S/C8H17BO2/c1-3-5-7-8(6-4-2)9(10)11/h3,8,10-11H,1,4-7H2,2H3/t8-/m0/s1. The molecule has 0 bridgehead atoms. The number of hydrogen-bond donors (Lipinski definition) is 2. The smallest absolute Gasteiger partial charge is 0.427 e. The summed E-state index contributed by atoms with van der Waals surface area (Å²) in [5, 5.41) is 17.8. The average Bonchev–Trinajstić information content (AvgIpc) is 1.97. The molecule has 0 aliphatic carbocycles. The third-order valence-corrected chi connectivity index (χ3v) is 1.82. The summed E-state index contributed by atoms with van der Waals surface area (Å²) in [6.07, 6.45) is 5.38. The van der Waals surface area contributed by atoms with Gasteiger partial charge in [0.15, 0.2) is 0 Å². The molecule has 0 unspecified atom stereocenters. The van der Waals surface area contributed by atoms with Gasteiger partial charge in [-0.3, -0.25) is 0 Å². The summed E-state index contributed by atoms with van der Waals surface area (Å²) in [6, 6.07) is 0. The maximum absolute atomic E-state index is 8.89. The van der Waals surface area contributed by atoms with Gasteiger partial charge in [-0.15, -0.1) is 6.58 Å². The van der Waals surface area contributed by atoms with Gasteiger partial charge in [-0.05, 0) is 18.7 Å². The van der Waals surface area contributed by atoms with Crippen molar-refractivity contribution < 1.29 is 10.0 Å². The Bertz CT molecular complexity index is 104. The average molecular weight is 156 g/mol. The maximum Gasteiger partial charge on any atom is 0.454 e. The van der Waals surface area contributed by atoms with E-state index < -0.39 is 7.12 Å². The third-order valence-electron chi connectivity index (χ3n) is 1.82. The molecule has 0 aromatic rings. The van der Waals surface area contributed by atoms with Crippen LogP contribution in [0.5, 0.6) is 0 Å². The highest BCUT2D eigenvalue weighted by atomic mass is 16.4. The Morgan fingerprint density at radius 2 is 2.09 bits per heavy atom. The first-order valence-electron chi connectivity index (χ1n) is 4.19. The molecule has 1 atom stereocenters. The van der Waals surface area contributed by atoms with E-state index in [0.29, 0.717) is 0 Å². The van der Waals surface area contributed by atoms with Crippen molar-refractivity contribution in [2.24, 2.45) is 0 Å². The van der Waals surface area contributed by atoms with E-state index in [1.165, 1.54) is 0 Å². The maximum atomic E-state index is 8.89. The molecule has 2 nitrogen and oxygen atoms in total. The van der Waals surface area contributed by atoms with E-state index in [1.54, 1.807) is 0 Å². The zero-order valence-electron chi connectivity index (χ0n) is 7.16. The van der Waals surface area contributed by atoms with Crippen LogP contribution in [0.2, 0.25) is 5.82 Å². The topological polar surface area (TPSA) is 40.5 Å². The van der Waals surface area contributed by atoms with Gasteiger partial charge in [0.25, 0.3) is 0 Å². The van der Waals surface area contributed by atoms with Gasteiger partial charge in [-0.25, -0.2) is 0 Å². The van der Waals surface area contributed by atoms with Crippen molar-refractivity contribution in [1.29, 1.82) is 0 Å². The quantitative estimate of drug-likeness (QED) is 0.452. The molecule has 0 aromatic heterocycles. The van der Waals surface area contributed by atoms with Crippen molar-refractivity contribution in [1.82, 2.24) is 0 Å². The van der Waals surface area contributed by atoms with E-state index in [-0.39, 0.29) is 5.82 Å². The molecule has 64 valence electrons. The Morgan fingerprint density at radius 1 is 1.45 bits per heavy atom. The van der Waals surface area contributed by atoms with E-state index >= 15 is 0 Å². The lowest BCUT2D eigenvalue weighted by Gasteiger charge is -2.12. The van der Waals surface area contributed by atoms with Gasteiger partial charge in [0, 0.05) is 0 Å². The second-order valence-corrected chi connectivity index (χ2v) is 2.83. The molecule has 11 heavy (non-hydrogen) atoms. The Kier molecular flexibility index (Phi) is 6.28. The molecule has 2 N–H and O–H groups in total. The van der Waals surface area contributed by atoms with Crippen molar-refractivity contribution in [3.63, 3.8) is 0 Å². The van der Waals surface area contributed by atoms with Gasteiger partial charge in [-0.2, -0.15) is 0 Å². The van der Waals surface area contributed by atoms with Gasteiger partial charge in [0.1, 0.15) is 0 Å². The van der Waals surface area contributed by atoms with Crippen LogP contribution in [0.25, 0.3) is 0 Å². The molecule has 0 fully saturated rings. The van der Waals surface area contributed by atoms with Crippen LogP contribution < -0.4 is 0 Å². The highest BCUT2D eigenvalue weighted by Crippen LogP contribution is 2.21. The number of hydrogen-bond acceptors (Lipinski definition) is 2. The van der Waals surface area contributed by atoms with Crippen molar-refractivity contribution in [3.05, 3.63) is 12.7 Å². The zero-order valence-corrected chi connectivity index (χ0v) is 7.16. The lowest BCUT2D eigenvalue weighted by Crippen LogP contribution is -2.19. The van der Waals surface area contributed by atoms with E-state index in [1.807, 2.05) is 13.0 Å². The lowest BCUT2D eigenvalue weighted by atomic mass is 9.68. The van der Waals surface area contributed by atoms with E-state index in [0.717, 1.165) is 25.7 Å². The minimum Gasteiger partial charge on any atom is -0.427 e. The molecule has 0 saturated heterocycles. The van der Waals surface area contributed by atoms with Crippen LogP contribution in [0.4, 0.5) is 0 Å². The summed E-state index contributed by atoms with van der Waals surface area (Å²) < 4.78 is 0. The van der Waals surface area contributed by atoms with Crippen molar-refractivity contribution in [2.75, 3.05) is 0 Å². The van der Waals surface area contributed by atoms with Crippen LogP contribution in [0.3, 0.4) is 0 Å². The number of rotatable bonds is 6. The Balaban J connectivity index is 3.59. The van der Waals surface area contributed by atoms with Gasteiger partial charge in [0.05, 0.1) is 0 Å². The van der Waals surface area contributed by atoms with Crippen LogP contribution in [0.15, 0.2) is 12.7 Å². The van der Waals surface area contributed by atoms with Gasteiger partial charge in [-0.1, -0.05) is 25.8 Å². The first-order valence-corrected chi connectivity index (χ1v) is 4.19. The first-order chi connectivity index (χ1) is 5.22. The molecule has 0 aliphatic rings. The SMILES string of the molecule is C=CCC[C@H](CCC)B(O)O. The van der Waals surface area contributed by atoms with Crippen molar-refractivity contribution >= 4 is 7.12 Å². The second kappa shape index (κ2) is 6.44. The van der Waals surface area contributed by atoms with Crippen LogP contribution in [-0.2, 0) is 0 Å². The monoisotopic (exact) mass is 156 g/mol. The Labute approximate surface area is 69.1 Å². The summed E-state index contributed by atoms with van der Waals surface area (Å²) in [4.78, 5) is 0. The van der Waals surface area contributed by atoms with Crippen LogP contribution >= 0.6 is 0 Å². The normalized spacial score (nSPS) is 12.6. The molecule has 0 rings (SSSR count). The third kappa shape index (κ3) is 5.05. The molecule has 0 aromatic carbocycles. The lowest BCUT2D eigenvalue weighted by molar-refractivity contribution is 0.372. The van der Waals surface area contributed by atoms with Gasteiger partial charge < -0.3 is 10.0 Å². The van der Waals surface area contributed by atoms with E-state index in [2.05, 4.69) is 6.58 Å². The molecule has 0 heterocycles. The highest BCUT2D eigenvalue weighted by Gasteiger charge is 2.20. The predicted molar refractivity (Wildman–Crippen MR) is 48.3 cm³/mol. The van der Waals surface area contributed by atoms with Crippen molar-refractivity contribution in [2.45, 2.75) is 38.4 Å². The highest BCUT2D eigenvalue weighted by molar-refractivity contribution is 6.43. The minimum absolute atomic E-state index is 0.0259. The fraction of sp³-hybridized carbons (Fsp3) is 0.750. The fourth-order valence-electron chi connectivity index (χ4n) is 1.15. The Hall–Kier alpha value is -0.275. The molecular weight excluding hydrogens is 139 g/mol. The molecule has 0 spiro atoms. The van der Waals surface area contributed by atoms with E-state index in [9.17, 15) is 0 Å². The summed E-state index contributed by atoms with van der Waals surface area (Å²) in [6.45, 7) is 5.63. The van der Waals surface area contributed by atoms with Crippen molar-refractivity contribution in [3.8, 4) is 0 Å². The number of allylic oxidation sites excluding steroid dienone is 1. The molecular formula is C8H17BO2. The van der Waals surface area contributed by atoms with Crippen LogP contribution in [-0.4, -0.2) is 17.2 Å². The second-order valence-electron chi connectivity index (χ2n) is 2.83. The summed E-state index contributed by atoms with van der Waals surface area (Å²) in [5.74, 6) is 0.0259. The Morgan fingerprint density at radius 3 is 2.45 bits per heavy atom. The van der Waals surface area contributed by atoms with Crippen LogP contribution in [0.1, 0.15) is 32.6 Å². The molecule has 0 amide bonds.